The molecule has 0 bridgehead atoms. The maximum Gasteiger partial charge on any atom is 0.241 e. The number of carbonyl (C=O) groups excluding carboxylic acids is 1. The predicted octanol–water partition coefficient (Wildman–Crippen LogP) is 3.27. The highest BCUT2D eigenvalue weighted by Gasteiger charge is 2.16. The van der Waals surface area contributed by atoms with E-state index in [0.717, 1.165) is 24.0 Å². The van der Waals surface area contributed by atoms with Crippen molar-refractivity contribution in [1.82, 2.24) is 5.32 Å². The maximum atomic E-state index is 12.0. The SMILES string of the molecule is Cc1ccc(C(N)C(=O)NCCOC2CCCCCC2)cc1.Cl. The van der Waals surface area contributed by atoms with Gasteiger partial charge in [0, 0.05) is 6.54 Å². The Labute approximate surface area is 145 Å². The second kappa shape index (κ2) is 10.6. The molecule has 130 valence electrons. The van der Waals surface area contributed by atoms with Crippen LogP contribution in [-0.2, 0) is 9.53 Å². The molecule has 1 aromatic carbocycles. The first-order valence-corrected chi connectivity index (χ1v) is 8.38. The lowest BCUT2D eigenvalue weighted by molar-refractivity contribution is -0.122. The topological polar surface area (TPSA) is 64.4 Å². The summed E-state index contributed by atoms with van der Waals surface area (Å²) in [6.45, 7) is 3.10. The monoisotopic (exact) mass is 340 g/mol. The van der Waals surface area contributed by atoms with E-state index in [0.29, 0.717) is 19.3 Å². The lowest BCUT2D eigenvalue weighted by Crippen LogP contribution is -2.36. The van der Waals surface area contributed by atoms with Gasteiger partial charge in [-0.1, -0.05) is 55.5 Å². The summed E-state index contributed by atoms with van der Waals surface area (Å²) in [5, 5.41) is 2.86. The van der Waals surface area contributed by atoms with Gasteiger partial charge in [0.2, 0.25) is 5.91 Å². The number of hydrogen-bond donors (Lipinski definition) is 2. The normalized spacial score (nSPS) is 17.0. The number of benzene rings is 1. The van der Waals surface area contributed by atoms with Crippen molar-refractivity contribution in [1.29, 1.82) is 0 Å². The molecule has 0 aromatic heterocycles. The molecule has 1 aliphatic rings. The minimum absolute atomic E-state index is 0. The summed E-state index contributed by atoms with van der Waals surface area (Å²) in [5.74, 6) is -0.145. The first-order valence-electron chi connectivity index (χ1n) is 8.38. The smallest absolute Gasteiger partial charge is 0.241 e. The van der Waals surface area contributed by atoms with Crippen LogP contribution in [0.15, 0.2) is 24.3 Å². The summed E-state index contributed by atoms with van der Waals surface area (Å²) in [6, 6.07) is 7.14. The molecule has 1 unspecified atom stereocenters. The number of halogens is 1. The number of nitrogens with two attached hydrogens (primary N) is 1. The molecule has 0 saturated heterocycles. The maximum absolute atomic E-state index is 12.0. The van der Waals surface area contributed by atoms with Crippen molar-refractivity contribution in [2.45, 2.75) is 57.6 Å². The van der Waals surface area contributed by atoms with E-state index >= 15 is 0 Å². The molecule has 23 heavy (non-hydrogen) atoms. The number of hydrogen-bond acceptors (Lipinski definition) is 3. The number of ether oxygens (including phenoxy) is 1. The van der Waals surface area contributed by atoms with Crippen LogP contribution in [0.25, 0.3) is 0 Å². The highest BCUT2D eigenvalue weighted by Crippen LogP contribution is 2.19. The average Bonchev–Trinajstić information content (AvgIpc) is 2.80. The summed E-state index contributed by atoms with van der Waals surface area (Å²) >= 11 is 0. The quantitative estimate of drug-likeness (QED) is 0.617. The summed E-state index contributed by atoms with van der Waals surface area (Å²) in [7, 11) is 0. The van der Waals surface area contributed by atoms with Crippen LogP contribution >= 0.6 is 12.4 Å². The minimum Gasteiger partial charge on any atom is -0.376 e. The van der Waals surface area contributed by atoms with Crippen LogP contribution in [0.3, 0.4) is 0 Å². The first kappa shape index (κ1) is 19.9. The van der Waals surface area contributed by atoms with Gasteiger partial charge < -0.3 is 15.8 Å². The van der Waals surface area contributed by atoms with E-state index in [-0.39, 0.29) is 18.3 Å². The van der Waals surface area contributed by atoms with Gasteiger partial charge in [-0.25, -0.2) is 0 Å². The number of carbonyl (C=O) groups is 1. The average molecular weight is 341 g/mol. The van der Waals surface area contributed by atoms with Crippen molar-refractivity contribution < 1.29 is 9.53 Å². The fraction of sp³-hybridized carbons (Fsp3) is 0.611. The Morgan fingerprint density at radius 1 is 1.22 bits per heavy atom. The highest BCUT2D eigenvalue weighted by molar-refractivity contribution is 5.85. The Morgan fingerprint density at radius 2 is 1.83 bits per heavy atom. The number of nitrogens with one attached hydrogen (secondary N) is 1. The lowest BCUT2D eigenvalue weighted by Gasteiger charge is -2.17. The van der Waals surface area contributed by atoms with Gasteiger partial charge in [0.15, 0.2) is 0 Å². The molecule has 1 aromatic rings. The zero-order valence-electron chi connectivity index (χ0n) is 13.9. The number of amides is 1. The third kappa shape index (κ3) is 6.90. The second-order valence-corrected chi connectivity index (χ2v) is 6.16. The molecule has 4 nitrogen and oxygen atoms in total. The second-order valence-electron chi connectivity index (χ2n) is 6.16. The summed E-state index contributed by atoms with van der Waals surface area (Å²) < 4.78 is 5.86. The van der Waals surface area contributed by atoms with Crippen LogP contribution in [0.4, 0.5) is 0 Å². The van der Waals surface area contributed by atoms with Crippen molar-refractivity contribution in [3.8, 4) is 0 Å². The molecule has 0 spiro atoms. The van der Waals surface area contributed by atoms with Crippen LogP contribution in [0.1, 0.15) is 55.7 Å². The van der Waals surface area contributed by atoms with E-state index in [1.165, 1.54) is 25.7 Å². The fourth-order valence-corrected chi connectivity index (χ4v) is 2.84. The Morgan fingerprint density at radius 3 is 2.43 bits per heavy atom. The zero-order chi connectivity index (χ0) is 15.8. The van der Waals surface area contributed by atoms with E-state index < -0.39 is 6.04 Å². The van der Waals surface area contributed by atoms with Crippen LogP contribution in [0.5, 0.6) is 0 Å². The molecular formula is C18H29ClN2O2. The standard InChI is InChI=1S/C18H28N2O2.ClH/c1-14-8-10-15(11-9-14)17(19)18(21)20-12-13-22-16-6-4-2-3-5-7-16;/h8-11,16-17H,2-7,12-13,19H2,1H3,(H,20,21);1H. The van der Waals surface area contributed by atoms with Crippen molar-refractivity contribution >= 4 is 18.3 Å². The van der Waals surface area contributed by atoms with Gasteiger partial charge in [-0.2, -0.15) is 0 Å². The van der Waals surface area contributed by atoms with Gasteiger partial charge in [-0.15, -0.1) is 12.4 Å². The Bertz CT molecular complexity index is 457. The van der Waals surface area contributed by atoms with Crippen LogP contribution in [0.2, 0.25) is 0 Å². The minimum atomic E-state index is -0.613. The first-order chi connectivity index (χ1) is 10.7. The molecule has 1 saturated carbocycles. The van der Waals surface area contributed by atoms with Crippen molar-refractivity contribution in [3.63, 3.8) is 0 Å². The molecule has 2 rings (SSSR count). The van der Waals surface area contributed by atoms with E-state index in [9.17, 15) is 4.79 Å². The van der Waals surface area contributed by atoms with Gasteiger partial charge in [-0.05, 0) is 25.3 Å². The largest absolute Gasteiger partial charge is 0.376 e. The van der Waals surface area contributed by atoms with Crippen molar-refractivity contribution in [2.24, 2.45) is 5.73 Å². The van der Waals surface area contributed by atoms with Crippen LogP contribution in [0, 0.1) is 6.92 Å². The predicted molar refractivity (Wildman–Crippen MR) is 95.8 cm³/mol. The van der Waals surface area contributed by atoms with Gasteiger partial charge in [0.25, 0.3) is 0 Å². The molecule has 1 fully saturated rings. The van der Waals surface area contributed by atoms with E-state index in [4.69, 9.17) is 10.5 Å². The van der Waals surface area contributed by atoms with Gasteiger partial charge in [0.1, 0.15) is 6.04 Å². The molecule has 0 radical (unpaired) electrons. The number of rotatable bonds is 6. The molecule has 1 aliphatic carbocycles. The van der Waals surface area contributed by atoms with Crippen LogP contribution < -0.4 is 11.1 Å². The Balaban J connectivity index is 0.00000264. The zero-order valence-corrected chi connectivity index (χ0v) is 14.7. The van der Waals surface area contributed by atoms with E-state index in [1.807, 2.05) is 31.2 Å². The third-order valence-electron chi connectivity index (χ3n) is 4.28. The van der Waals surface area contributed by atoms with Crippen LogP contribution in [-0.4, -0.2) is 25.2 Å². The van der Waals surface area contributed by atoms with Gasteiger partial charge in [-0.3, -0.25) is 4.79 Å². The van der Waals surface area contributed by atoms with Gasteiger partial charge >= 0.3 is 0 Å². The third-order valence-corrected chi connectivity index (χ3v) is 4.28. The Hall–Kier alpha value is -1.10. The van der Waals surface area contributed by atoms with Gasteiger partial charge in [0.05, 0.1) is 12.7 Å². The summed E-state index contributed by atoms with van der Waals surface area (Å²) in [5.41, 5.74) is 7.98. The summed E-state index contributed by atoms with van der Waals surface area (Å²) in [4.78, 5) is 12.0. The van der Waals surface area contributed by atoms with Crippen molar-refractivity contribution in [3.05, 3.63) is 35.4 Å². The van der Waals surface area contributed by atoms with E-state index in [1.54, 1.807) is 0 Å². The summed E-state index contributed by atoms with van der Waals surface area (Å²) in [6.07, 6.45) is 7.83. The number of aryl methyl sites for hydroxylation is 1. The van der Waals surface area contributed by atoms with Crippen molar-refractivity contribution in [2.75, 3.05) is 13.2 Å². The molecule has 0 heterocycles. The van der Waals surface area contributed by atoms with E-state index in [2.05, 4.69) is 5.32 Å². The molecule has 5 heteroatoms. The lowest BCUT2D eigenvalue weighted by atomic mass is 10.1. The molecule has 1 amide bonds. The fourth-order valence-electron chi connectivity index (χ4n) is 2.84. The molecular weight excluding hydrogens is 312 g/mol. The Kier molecular flexibility index (Phi) is 9.22. The molecule has 0 aliphatic heterocycles. The molecule has 3 N–H and O–H groups in total. The molecule has 1 atom stereocenters. The highest BCUT2D eigenvalue weighted by atomic mass is 35.5.